The van der Waals surface area contributed by atoms with Crippen LogP contribution in [0, 0.1) is 5.92 Å². The zero-order valence-corrected chi connectivity index (χ0v) is 10.8. The first kappa shape index (κ1) is 13.0. The summed E-state index contributed by atoms with van der Waals surface area (Å²) >= 11 is 5.82. The van der Waals surface area contributed by atoms with Crippen LogP contribution in [-0.2, 0) is 4.79 Å². The number of rotatable bonds is 5. The van der Waals surface area contributed by atoms with Gasteiger partial charge in [-0.2, -0.15) is 0 Å². The number of methoxy groups -OCH3 is 1. The maximum Gasteiger partial charge on any atom is 0.303 e. The Morgan fingerprint density at radius 1 is 1.56 bits per heavy atom. The molecule has 18 heavy (non-hydrogen) atoms. The summed E-state index contributed by atoms with van der Waals surface area (Å²) in [5, 5.41) is 19.0. The molecule has 1 aliphatic carbocycles. The molecule has 0 aromatic heterocycles. The Morgan fingerprint density at radius 2 is 2.22 bits per heavy atom. The average Bonchev–Trinajstić information content (AvgIpc) is 3.13. The number of ether oxygens (including phenoxy) is 1. The van der Waals surface area contributed by atoms with Gasteiger partial charge in [0.25, 0.3) is 0 Å². The van der Waals surface area contributed by atoms with Gasteiger partial charge in [0.2, 0.25) is 0 Å². The molecule has 1 aromatic carbocycles. The number of halogens is 1. The molecular weight excluding hydrogens is 256 g/mol. The lowest BCUT2D eigenvalue weighted by atomic mass is 9.90. The third-order valence-corrected chi connectivity index (χ3v) is 3.61. The van der Waals surface area contributed by atoms with E-state index >= 15 is 0 Å². The van der Waals surface area contributed by atoms with E-state index in [0.717, 1.165) is 18.4 Å². The fraction of sp³-hybridized carbons (Fsp3) is 0.462. The van der Waals surface area contributed by atoms with Crippen LogP contribution >= 0.6 is 11.6 Å². The molecule has 1 unspecified atom stereocenters. The van der Waals surface area contributed by atoms with Crippen molar-refractivity contribution in [3.05, 3.63) is 22.7 Å². The van der Waals surface area contributed by atoms with Crippen molar-refractivity contribution >= 4 is 17.6 Å². The quantitative estimate of drug-likeness (QED) is 0.863. The highest BCUT2D eigenvalue weighted by Gasteiger charge is 2.36. The smallest absolute Gasteiger partial charge is 0.303 e. The zero-order chi connectivity index (χ0) is 13.3. The van der Waals surface area contributed by atoms with Gasteiger partial charge >= 0.3 is 5.97 Å². The number of aliphatic carboxylic acids is 1. The minimum absolute atomic E-state index is 0.0437. The first-order chi connectivity index (χ1) is 8.54. The SMILES string of the molecule is COc1c(C(CC(=O)O)C2CC2)ccc(Cl)c1O. The number of carboxylic acid groups (broad SMARTS) is 1. The molecule has 0 heterocycles. The highest BCUT2D eigenvalue weighted by Crippen LogP contribution is 2.50. The number of aromatic hydroxyl groups is 1. The second kappa shape index (κ2) is 5.06. The molecule has 1 aromatic rings. The van der Waals surface area contributed by atoms with E-state index in [2.05, 4.69) is 0 Å². The molecule has 1 fully saturated rings. The number of phenolic OH excluding ortho intramolecular Hbond substituents is 1. The maximum absolute atomic E-state index is 10.9. The van der Waals surface area contributed by atoms with Gasteiger partial charge in [-0.1, -0.05) is 17.7 Å². The zero-order valence-electron chi connectivity index (χ0n) is 10.0. The Morgan fingerprint density at radius 3 is 2.72 bits per heavy atom. The highest BCUT2D eigenvalue weighted by atomic mass is 35.5. The second-order valence-electron chi connectivity index (χ2n) is 4.56. The molecule has 2 rings (SSSR count). The van der Waals surface area contributed by atoms with Crippen LogP contribution in [0.25, 0.3) is 0 Å². The van der Waals surface area contributed by atoms with Gasteiger partial charge in [0, 0.05) is 11.5 Å². The van der Waals surface area contributed by atoms with E-state index in [1.54, 1.807) is 12.1 Å². The largest absolute Gasteiger partial charge is 0.503 e. The standard InChI is InChI=1S/C13H15ClO4/c1-18-13-8(4-5-10(14)12(13)17)9(6-11(15)16)7-2-3-7/h4-5,7,9,17H,2-3,6H2,1H3,(H,15,16). The van der Waals surface area contributed by atoms with Crippen LogP contribution in [-0.4, -0.2) is 23.3 Å². The predicted octanol–water partition coefficient (Wildman–Crippen LogP) is 3.02. The molecule has 1 atom stereocenters. The first-order valence-corrected chi connectivity index (χ1v) is 6.19. The monoisotopic (exact) mass is 270 g/mol. The number of benzene rings is 1. The van der Waals surface area contributed by atoms with Gasteiger partial charge in [-0.05, 0) is 24.8 Å². The van der Waals surface area contributed by atoms with Crippen molar-refractivity contribution in [3.8, 4) is 11.5 Å². The van der Waals surface area contributed by atoms with Crippen molar-refractivity contribution in [3.63, 3.8) is 0 Å². The van der Waals surface area contributed by atoms with E-state index in [1.807, 2.05) is 0 Å². The van der Waals surface area contributed by atoms with Crippen molar-refractivity contribution < 1.29 is 19.7 Å². The maximum atomic E-state index is 10.9. The van der Waals surface area contributed by atoms with Gasteiger partial charge in [0.1, 0.15) is 0 Å². The molecular formula is C13H15ClO4. The average molecular weight is 271 g/mol. The van der Waals surface area contributed by atoms with Crippen molar-refractivity contribution in [2.24, 2.45) is 5.92 Å². The molecule has 0 saturated heterocycles. The summed E-state index contributed by atoms with van der Waals surface area (Å²) in [6.07, 6.45) is 2.08. The van der Waals surface area contributed by atoms with E-state index in [9.17, 15) is 9.90 Å². The van der Waals surface area contributed by atoms with Crippen LogP contribution in [0.5, 0.6) is 11.5 Å². The Balaban J connectivity index is 2.40. The molecule has 2 N–H and O–H groups in total. The van der Waals surface area contributed by atoms with E-state index in [1.165, 1.54) is 7.11 Å². The number of carbonyl (C=O) groups is 1. The lowest BCUT2D eigenvalue weighted by Crippen LogP contribution is -2.09. The number of phenols is 1. The summed E-state index contributed by atoms with van der Waals surface area (Å²) in [6, 6.07) is 3.32. The first-order valence-electron chi connectivity index (χ1n) is 5.81. The van der Waals surface area contributed by atoms with E-state index in [0.29, 0.717) is 11.7 Å². The van der Waals surface area contributed by atoms with Gasteiger partial charge in [-0.25, -0.2) is 0 Å². The summed E-state index contributed by atoms with van der Waals surface area (Å²) in [7, 11) is 1.44. The number of hydrogen-bond donors (Lipinski definition) is 2. The molecule has 5 heteroatoms. The summed E-state index contributed by atoms with van der Waals surface area (Å²) in [6.45, 7) is 0. The van der Waals surface area contributed by atoms with Gasteiger partial charge in [-0.3, -0.25) is 4.79 Å². The highest BCUT2D eigenvalue weighted by molar-refractivity contribution is 6.32. The van der Waals surface area contributed by atoms with Crippen molar-refractivity contribution in [1.82, 2.24) is 0 Å². The Hall–Kier alpha value is -1.42. The van der Waals surface area contributed by atoms with Crippen LogP contribution in [0.15, 0.2) is 12.1 Å². The van der Waals surface area contributed by atoms with Gasteiger partial charge in [0.15, 0.2) is 11.5 Å². The topological polar surface area (TPSA) is 66.8 Å². The van der Waals surface area contributed by atoms with E-state index < -0.39 is 5.97 Å². The van der Waals surface area contributed by atoms with Crippen LogP contribution in [0.1, 0.15) is 30.7 Å². The molecule has 0 spiro atoms. The third kappa shape index (κ3) is 2.53. The molecule has 1 saturated carbocycles. The van der Waals surface area contributed by atoms with Crippen LogP contribution in [0.3, 0.4) is 0 Å². The van der Waals surface area contributed by atoms with Crippen LogP contribution < -0.4 is 4.74 Å². The van der Waals surface area contributed by atoms with Gasteiger partial charge in [0.05, 0.1) is 18.6 Å². The summed E-state index contributed by atoms with van der Waals surface area (Å²) < 4.78 is 5.17. The third-order valence-electron chi connectivity index (χ3n) is 3.30. The second-order valence-corrected chi connectivity index (χ2v) is 4.97. The molecule has 1 aliphatic rings. The van der Waals surface area contributed by atoms with Crippen molar-refractivity contribution in [1.29, 1.82) is 0 Å². The fourth-order valence-corrected chi connectivity index (χ4v) is 2.44. The van der Waals surface area contributed by atoms with Crippen LogP contribution in [0.4, 0.5) is 0 Å². The molecule has 4 nitrogen and oxygen atoms in total. The van der Waals surface area contributed by atoms with Crippen molar-refractivity contribution in [2.75, 3.05) is 7.11 Å². The van der Waals surface area contributed by atoms with Crippen LogP contribution in [0.2, 0.25) is 5.02 Å². The Labute approximate surface area is 110 Å². The molecule has 98 valence electrons. The predicted molar refractivity (Wildman–Crippen MR) is 67.4 cm³/mol. The minimum atomic E-state index is -0.844. The Bertz CT molecular complexity index is 468. The normalized spacial score (nSPS) is 16.3. The fourth-order valence-electron chi connectivity index (χ4n) is 2.29. The van der Waals surface area contributed by atoms with E-state index in [-0.39, 0.29) is 23.1 Å². The Kier molecular flexibility index (Phi) is 3.66. The molecule has 0 radical (unpaired) electrons. The van der Waals surface area contributed by atoms with Crippen molar-refractivity contribution in [2.45, 2.75) is 25.2 Å². The molecule has 0 amide bonds. The van der Waals surface area contributed by atoms with E-state index in [4.69, 9.17) is 21.4 Å². The minimum Gasteiger partial charge on any atom is -0.503 e. The molecule has 0 aliphatic heterocycles. The van der Waals surface area contributed by atoms with Gasteiger partial charge < -0.3 is 14.9 Å². The molecule has 0 bridgehead atoms. The summed E-state index contributed by atoms with van der Waals surface area (Å²) in [5.74, 6) is -0.437. The van der Waals surface area contributed by atoms with Gasteiger partial charge in [-0.15, -0.1) is 0 Å². The number of hydrogen-bond acceptors (Lipinski definition) is 3. The number of carboxylic acids is 1. The summed E-state index contributed by atoms with van der Waals surface area (Å²) in [4.78, 5) is 10.9. The lowest BCUT2D eigenvalue weighted by Gasteiger charge is -2.19. The lowest BCUT2D eigenvalue weighted by molar-refractivity contribution is -0.137. The summed E-state index contributed by atoms with van der Waals surface area (Å²) in [5.41, 5.74) is 0.726.